The average Bonchev–Trinajstić information content (AvgIpc) is 3.84. The van der Waals surface area contributed by atoms with Crippen LogP contribution in [0.2, 0.25) is 5.15 Å². The molecule has 51 heavy (non-hydrogen) atoms. The second-order valence-corrected chi connectivity index (χ2v) is 11.4. The number of hydrogen-bond acceptors (Lipinski definition) is 15. The SMILES string of the molecule is CCCCc1nc(Cl)c(C(=O)OCc2oc(=O)oc2CCCC(CO[N+](=O)[O-])O[N+](=O)[O-])n1Cc1ccc(-c2ccccc2-c2nn[nH]n2)cc1. The Kier molecular flexibility index (Phi) is 12.1. The first kappa shape index (κ1) is 36.2. The van der Waals surface area contributed by atoms with Gasteiger partial charge in [-0.3, -0.25) is 0 Å². The Balaban J connectivity index is 1.29. The molecular formula is C31H31ClN8O11. The Morgan fingerprint density at radius 3 is 2.45 bits per heavy atom. The number of carbonyl (C=O) groups is 1. The van der Waals surface area contributed by atoms with Crippen LogP contribution in [0.3, 0.4) is 0 Å². The number of esters is 1. The molecule has 0 aliphatic rings. The standard InChI is InChI=1S/C31H31ClN8O11/c1-2-3-11-26-33-28(32)27(38(26)16-19-12-14-20(15-13-19)22-8-4-5-9-23(22)29-34-36-37-35-29)30(41)47-18-25-24(49-31(42)50-25)10-6-7-21(51-40(45)46)17-48-39(43)44/h4-5,8-9,12-15,21H,2-3,6-7,10-11,16-18H2,1H3,(H,34,35,36,37). The Hall–Kier alpha value is -6.11. The van der Waals surface area contributed by atoms with E-state index >= 15 is 0 Å². The quantitative estimate of drug-likeness (QED) is 0.0683. The van der Waals surface area contributed by atoms with Crippen molar-refractivity contribution in [1.82, 2.24) is 30.2 Å². The molecule has 20 heteroatoms. The van der Waals surface area contributed by atoms with Crippen LogP contribution >= 0.6 is 11.6 Å². The molecule has 0 saturated carbocycles. The van der Waals surface area contributed by atoms with Crippen molar-refractivity contribution in [1.29, 1.82) is 0 Å². The van der Waals surface area contributed by atoms with E-state index in [0.29, 0.717) is 18.1 Å². The van der Waals surface area contributed by atoms with Crippen LogP contribution in [0.4, 0.5) is 0 Å². The normalized spacial score (nSPS) is 11.6. The zero-order chi connectivity index (χ0) is 36.3. The van der Waals surface area contributed by atoms with Crippen molar-refractivity contribution in [3.8, 4) is 22.5 Å². The van der Waals surface area contributed by atoms with Crippen molar-refractivity contribution in [3.63, 3.8) is 0 Å². The van der Waals surface area contributed by atoms with E-state index in [1.165, 1.54) is 0 Å². The van der Waals surface area contributed by atoms with Gasteiger partial charge in [-0.1, -0.05) is 73.5 Å². The number of carbonyl (C=O) groups excluding carboxylic acids is 1. The summed E-state index contributed by atoms with van der Waals surface area (Å²) in [6, 6.07) is 15.4. The summed E-state index contributed by atoms with van der Waals surface area (Å²) in [6.45, 7) is 1.10. The van der Waals surface area contributed by atoms with Gasteiger partial charge in [0.2, 0.25) is 5.82 Å². The zero-order valence-corrected chi connectivity index (χ0v) is 27.8. The Morgan fingerprint density at radius 1 is 1.02 bits per heavy atom. The van der Waals surface area contributed by atoms with Crippen LogP contribution in [0, 0.1) is 20.2 Å². The maximum atomic E-state index is 13.5. The Labute approximate surface area is 292 Å². The third-order valence-corrected chi connectivity index (χ3v) is 7.92. The van der Waals surface area contributed by atoms with Crippen molar-refractivity contribution in [2.45, 2.75) is 64.7 Å². The van der Waals surface area contributed by atoms with Gasteiger partial charge in [-0.25, -0.2) is 14.6 Å². The van der Waals surface area contributed by atoms with Crippen LogP contribution < -0.4 is 5.82 Å². The number of nitrogens with one attached hydrogen (secondary N) is 1. The summed E-state index contributed by atoms with van der Waals surface area (Å²) >= 11 is 6.50. The lowest BCUT2D eigenvalue weighted by atomic mass is 9.98. The molecule has 0 amide bonds. The second-order valence-electron chi connectivity index (χ2n) is 11.1. The molecule has 1 N–H and O–H groups in total. The number of tetrazole rings is 1. The smallest absolute Gasteiger partial charge is 0.453 e. The summed E-state index contributed by atoms with van der Waals surface area (Å²) in [5.74, 6) is -0.905. The van der Waals surface area contributed by atoms with Gasteiger partial charge in [0, 0.05) is 24.9 Å². The van der Waals surface area contributed by atoms with Gasteiger partial charge in [0.25, 0.3) is 10.2 Å². The highest BCUT2D eigenvalue weighted by Crippen LogP contribution is 2.30. The lowest BCUT2D eigenvalue weighted by molar-refractivity contribution is -0.790. The molecule has 3 heterocycles. The third kappa shape index (κ3) is 9.53. The lowest BCUT2D eigenvalue weighted by Gasteiger charge is -2.13. The van der Waals surface area contributed by atoms with Gasteiger partial charge in [0.15, 0.2) is 29.0 Å². The fraction of sp³-hybridized carbons (Fsp3) is 0.355. The van der Waals surface area contributed by atoms with Gasteiger partial charge in [0.05, 0.1) is 0 Å². The van der Waals surface area contributed by atoms with Crippen molar-refractivity contribution in [2.75, 3.05) is 6.61 Å². The van der Waals surface area contributed by atoms with E-state index < -0.39 is 41.3 Å². The lowest BCUT2D eigenvalue weighted by Crippen LogP contribution is -2.24. The highest BCUT2D eigenvalue weighted by molar-refractivity contribution is 6.32. The third-order valence-electron chi connectivity index (χ3n) is 7.66. The molecule has 0 fully saturated rings. The molecular weight excluding hydrogens is 696 g/mol. The van der Waals surface area contributed by atoms with E-state index in [-0.39, 0.29) is 48.2 Å². The maximum absolute atomic E-state index is 13.5. The van der Waals surface area contributed by atoms with E-state index in [1.807, 2.05) is 55.5 Å². The molecule has 3 aromatic heterocycles. The molecule has 0 radical (unpaired) electrons. The largest absolute Gasteiger partial charge is 0.519 e. The van der Waals surface area contributed by atoms with Crippen molar-refractivity contribution in [2.24, 2.45) is 0 Å². The van der Waals surface area contributed by atoms with Gasteiger partial charge >= 0.3 is 11.8 Å². The number of rotatable bonds is 19. The predicted octanol–water partition coefficient (Wildman–Crippen LogP) is 4.79. The molecule has 0 spiro atoms. The molecule has 2 aromatic carbocycles. The highest BCUT2D eigenvalue weighted by atomic mass is 35.5. The van der Waals surface area contributed by atoms with Gasteiger partial charge < -0.3 is 27.8 Å². The Morgan fingerprint density at radius 2 is 1.76 bits per heavy atom. The number of imidazole rings is 1. The van der Waals surface area contributed by atoms with Crippen LogP contribution in [0.15, 0.2) is 62.2 Å². The number of hydrogen-bond donors (Lipinski definition) is 1. The number of H-pyrrole nitrogens is 1. The fourth-order valence-corrected chi connectivity index (χ4v) is 5.57. The summed E-state index contributed by atoms with van der Waals surface area (Å²) in [5, 5.41) is 33.3. The van der Waals surface area contributed by atoms with Gasteiger partial charge in [-0.05, 0) is 41.2 Å². The monoisotopic (exact) mass is 726 g/mol. The molecule has 1 unspecified atom stereocenters. The number of aryl methyl sites for hydroxylation is 2. The number of unbranched alkanes of at least 4 members (excludes halogenated alkanes) is 1. The van der Waals surface area contributed by atoms with Crippen LogP contribution in [-0.2, 0) is 40.4 Å². The van der Waals surface area contributed by atoms with E-state index in [4.69, 9.17) is 25.2 Å². The first-order chi connectivity index (χ1) is 24.6. The summed E-state index contributed by atoms with van der Waals surface area (Å²) < 4.78 is 17.4. The first-order valence-corrected chi connectivity index (χ1v) is 16.0. The second kappa shape index (κ2) is 17.0. The first-order valence-electron chi connectivity index (χ1n) is 15.7. The molecule has 5 aromatic rings. The van der Waals surface area contributed by atoms with E-state index in [2.05, 4.69) is 35.3 Å². The average molecular weight is 727 g/mol. The minimum absolute atomic E-state index is 0.00406. The van der Waals surface area contributed by atoms with Crippen LogP contribution in [-0.4, -0.2) is 59.0 Å². The van der Waals surface area contributed by atoms with Crippen molar-refractivity contribution in [3.05, 3.63) is 113 Å². The minimum atomic E-state index is -1.25. The number of nitrogens with zero attached hydrogens (tertiary/aromatic N) is 7. The van der Waals surface area contributed by atoms with E-state index in [1.54, 1.807) is 4.57 Å². The topological polar surface area (TPSA) is 247 Å². The van der Waals surface area contributed by atoms with Crippen LogP contribution in [0.25, 0.3) is 22.5 Å². The number of halogens is 1. The van der Waals surface area contributed by atoms with Crippen molar-refractivity contribution < 1.29 is 38.2 Å². The molecule has 0 aliphatic heterocycles. The zero-order valence-electron chi connectivity index (χ0n) is 27.1. The van der Waals surface area contributed by atoms with Crippen LogP contribution in [0.1, 0.15) is 66.0 Å². The molecule has 5 rings (SSSR count). The molecule has 0 bridgehead atoms. The molecule has 1 atom stereocenters. The van der Waals surface area contributed by atoms with Gasteiger partial charge in [-0.15, -0.1) is 30.4 Å². The molecule has 0 aliphatic carbocycles. The van der Waals surface area contributed by atoms with E-state index in [0.717, 1.165) is 35.1 Å². The van der Waals surface area contributed by atoms with Crippen LogP contribution in [0.5, 0.6) is 0 Å². The summed E-state index contributed by atoms with van der Waals surface area (Å²) in [4.78, 5) is 59.7. The minimum Gasteiger partial charge on any atom is -0.453 e. The summed E-state index contributed by atoms with van der Waals surface area (Å²) in [5.41, 5.74) is 3.48. The maximum Gasteiger partial charge on any atom is 0.519 e. The number of ether oxygens (including phenoxy) is 1. The molecule has 268 valence electrons. The van der Waals surface area contributed by atoms with Gasteiger partial charge in [0.1, 0.15) is 18.5 Å². The van der Waals surface area contributed by atoms with E-state index in [9.17, 15) is 29.8 Å². The number of benzene rings is 2. The molecule has 19 nitrogen and oxygen atoms in total. The summed E-state index contributed by atoms with van der Waals surface area (Å²) in [6.07, 6.45) is 1.02. The summed E-state index contributed by atoms with van der Waals surface area (Å²) in [7, 11) is 0. The highest BCUT2D eigenvalue weighted by Gasteiger charge is 2.25. The predicted molar refractivity (Wildman–Crippen MR) is 174 cm³/mol. The number of aromatic nitrogens is 6. The number of aromatic amines is 1. The fourth-order valence-electron chi connectivity index (χ4n) is 5.29. The Bertz CT molecular complexity index is 2010. The van der Waals surface area contributed by atoms with Crippen molar-refractivity contribution >= 4 is 17.6 Å². The van der Waals surface area contributed by atoms with Gasteiger partial charge in [-0.2, -0.15) is 5.21 Å². The molecule has 0 saturated heterocycles.